The molecule has 3 aromatic rings. The summed E-state index contributed by atoms with van der Waals surface area (Å²) in [4.78, 5) is 37.2. The summed E-state index contributed by atoms with van der Waals surface area (Å²) in [5.74, 6) is -0.733. The lowest BCUT2D eigenvalue weighted by atomic mass is 10.1. The number of benzene rings is 2. The molecule has 0 fully saturated rings. The average Bonchev–Trinajstić information content (AvgIpc) is 2.73. The van der Waals surface area contributed by atoms with Crippen LogP contribution in [0, 0.1) is 0 Å². The molecule has 0 saturated carbocycles. The summed E-state index contributed by atoms with van der Waals surface area (Å²) >= 11 is 5.82. The van der Waals surface area contributed by atoms with E-state index in [1.54, 1.807) is 62.4 Å². The van der Waals surface area contributed by atoms with E-state index in [2.05, 4.69) is 16.0 Å². The van der Waals surface area contributed by atoms with Crippen molar-refractivity contribution in [2.75, 3.05) is 0 Å². The first kappa shape index (κ1) is 20.3. The fraction of sp³-hybridized carbons (Fsp3) is 0.200. The lowest BCUT2D eigenvalue weighted by Gasteiger charge is -2.15. The van der Waals surface area contributed by atoms with Gasteiger partial charge in [0.2, 0.25) is 0 Å². The van der Waals surface area contributed by atoms with Crippen LogP contribution in [0.2, 0.25) is 5.02 Å². The Morgan fingerprint density at radius 2 is 1.76 bits per heavy atom. The van der Waals surface area contributed by atoms with Gasteiger partial charge in [-0.2, -0.15) is 5.10 Å². The monoisotopic (exact) mass is 414 g/mol. The third-order valence-corrected chi connectivity index (χ3v) is 4.43. The second kappa shape index (κ2) is 8.74. The maximum Gasteiger partial charge on any atom is 0.290 e. The lowest BCUT2D eigenvalue weighted by molar-refractivity contribution is -0.128. The molecule has 0 aliphatic rings. The molecular weight excluding hydrogens is 396 g/mol. The van der Waals surface area contributed by atoms with Crippen molar-refractivity contribution in [3.8, 4) is 5.75 Å². The van der Waals surface area contributed by atoms with Crippen LogP contribution >= 0.6 is 11.6 Å². The molecule has 0 radical (unpaired) electrons. The van der Waals surface area contributed by atoms with Gasteiger partial charge < -0.3 is 4.74 Å². The molecule has 0 aliphatic carbocycles. The van der Waals surface area contributed by atoms with Gasteiger partial charge in [-0.3, -0.25) is 25.2 Å². The van der Waals surface area contributed by atoms with Crippen LogP contribution < -0.4 is 21.1 Å². The molecule has 1 aromatic heterocycles. The van der Waals surface area contributed by atoms with E-state index in [9.17, 15) is 14.4 Å². The van der Waals surface area contributed by atoms with Crippen molar-refractivity contribution < 1.29 is 14.3 Å². The average molecular weight is 415 g/mol. The van der Waals surface area contributed by atoms with E-state index in [1.807, 2.05) is 0 Å². The Bertz CT molecular complexity index is 1110. The number of hydrazine groups is 1. The Morgan fingerprint density at radius 1 is 1.10 bits per heavy atom. The van der Waals surface area contributed by atoms with Crippen molar-refractivity contribution in [3.05, 3.63) is 69.6 Å². The van der Waals surface area contributed by atoms with Crippen LogP contribution in [0.25, 0.3) is 10.8 Å². The molecule has 0 saturated heterocycles. The minimum absolute atomic E-state index is 0.0358. The summed E-state index contributed by atoms with van der Waals surface area (Å²) in [5.41, 5.74) is 4.38. The summed E-state index contributed by atoms with van der Waals surface area (Å²) in [6.45, 7) is 3.60. The number of nitrogens with zero attached hydrogens (tertiary/aromatic N) is 2. The number of aromatic nitrogens is 2. The Labute approximate surface area is 171 Å². The van der Waals surface area contributed by atoms with Crippen molar-refractivity contribution in [1.82, 2.24) is 20.6 Å². The summed E-state index contributed by atoms with van der Waals surface area (Å²) in [7, 11) is 0. The summed E-state index contributed by atoms with van der Waals surface area (Å²) < 4.78 is 6.71. The lowest BCUT2D eigenvalue weighted by Crippen LogP contribution is -2.47. The molecule has 2 aromatic carbocycles. The van der Waals surface area contributed by atoms with Gasteiger partial charge in [0.25, 0.3) is 17.4 Å². The highest BCUT2D eigenvalue weighted by atomic mass is 35.5. The minimum Gasteiger partial charge on any atom is -0.481 e. The van der Waals surface area contributed by atoms with Gasteiger partial charge in [-0.1, -0.05) is 29.8 Å². The summed E-state index contributed by atoms with van der Waals surface area (Å²) in [5, 5.41) is 5.44. The second-order valence-corrected chi connectivity index (χ2v) is 6.61. The van der Waals surface area contributed by atoms with Gasteiger partial charge in [-0.15, -0.1) is 0 Å². The van der Waals surface area contributed by atoms with E-state index in [0.717, 1.165) is 0 Å². The number of rotatable bonds is 5. The fourth-order valence-corrected chi connectivity index (χ4v) is 2.79. The van der Waals surface area contributed by atoms with Crippen molar-refractivity contribution in [2.24, 2.45) is 0 Å². The second-order valence-electron chi connectivity index (χ2n) is 6.17. The number of nitrogens with one attached hydrogen (secondary N) is 2. The maximum absolute atomic E-state index is 12.6. The van der Waals surface area contributed by atoms with Gasteiger partial charge in [-0.25, -0.2) is 4.68 Å². The van der Waals surface area contributed by atoms with Crippen LogP contribution in [0.15, 0.2) is 53.3 Å². The van der Waals surface area contributed by atoms with Gasteiger partial charge in [0.05, 0.1) is 5.39 Å². The first-order chi connectivity index (χ1) is 13.9. The van der Waals surface area contributed by atoms with Crippen molar-refractivity contribution in [1.29, 1.82) is 0 Å². The van der Waals surface area contributed by atoms with Crippen molar-refractivity contribution >= 4 is 34.2 Å². The summed E-state index contributed by atoms with van der Waals surface area (Å²) in [6, 6.07) is 13.2. The number of halogens is 1. The van der Waals surface area contributed by atoms with E-state index in [1.165, 1.54) is 4.68 Å². The van der Waals surface area contributed by atoms with E-state index in [-0.39, 0.29) is 11.3 Å². The van der Waals surface area contributed by atoms with Crippen LogP contribution in [0.5, 0.6) is 5.75 Å². The molecule has 0 spiro atoms. The molecule has 1 heterocycles. The number of hydrogen-bond acceptors (Lipinski definition) is 5. The van der Waals surface area contributed by atoms with Crippen LogP contribution in [-0.4, -0.2) is 27.7 Å². The van der Waals surface area contributed by atoms with Gasteiger partial charge in [0, 0.05) is 17.0 Å². The summed E-state index contributed by atoms with van der Waals surface area (Å²) in [6.07, 6.45) is -0.870. The van der Waals surface area contributed by atoms with Crippen LogP contribution in [0.3, 0.4) is 0 Å². The third kappa shape index (κ3) is 4.55. The molecule has 8 nitrogen and oxygen atoms in total. The molecule has 9 heteroatoms. The molecule has 29 heavy (non-hydrogen) atoms. The first-order valence-corrected chi connectivity index (χ1v) is 9.30. The number of ether oxygens (including phenoxy) is 1. The number of aryl methyl sites for hydroxylation is 1. The van der Waals surface area contributed by atoms with Crippen molar-refractivity contribution in [3.63, 3.8) is 0 Å². The fourth-order valence-electron chi connectivity index (χ4n) is 2.67. The molecule has 0 aliphatic heterocycles. The van der Waals surface area contributed by atoms with E-state index in [4.69, 9.17) is 16.3 Å². The quantitative estimate of drug-likeness (QED) is 0.623. The van der Waals surface area contributed by atoms with Crippen molar-refractivity contribution in [2.45, 2.75) is 26.5 Å². The molecule has 2 amide bonds. The Morgan fingerprint density at radius 3 is 2.41 bits per heavy atom. The normalized spacial score (nSPS) is 11.7. The minimum atomic E-state index is -0.870. The number of hydrogen-bond donors (Lipinski definition) is 2. The zero-order valence-electron chi connectivity index (χ0n) is 15.8. The van der Waals surface area contributed by atoms with E-state index >= 15 is 0 Å². The molecule has 1 unspecified atom stereocenters. The predicted molar refractivity (Wildman–Crippen MR) is 109 cm³/mol. The highest BCUT2D eigenvalue weighted by Gasteiger charge is 2.19. The van der Waals surface area contributed by atoms with E-state index in [0.29, 0.717) is 28.1 Å². The largest absolute Gasteiger partial charge is 0.481 e. The van der Waals surface area contributed by atoms with Gasteiger partial charge >= 0.3 is 0 Å². The van der Waals surface area contributed by atoms with Crippen LogP contribution in [0.1, 0.15) is 24.3 Å². The topological polar surface area (TPSA) is 102 Å². The maximum atomic E-state index is 12.6. The Kier molecular flexibility index (Phi) is 6.13. The van der Waals surface area contributed by atoms with E-state index < -0.39 is 17.9 Å². The molecule has 0 bridgehead atoms. The molecule has 3 rings (SSSR count). The van der Waals surface area contributed by atoms with Crippen LogP contribution in [0.4, 0.5) is 0 Å². The predicted octanol–water partition coefficient (Wildman–Crippen LogP) is 2.30. The molecule has 1 atom stereocenters. The number of fused-ring (bicyclic) bond motifs is 1. The first-order valence-electron chi connectivity index (χ1n) is 8.93. The highest BCUT2D eigenvalue weighted by molar-refractivity contribution is 6.30. The van der Waals surface area contributed by atoms with Gasteiger partial charge in [0.15, 0.2) is 11.8 Å². The Hall–Kier alpha value is -3.39. The van der Waals surface area contributed by atoms with Gasteiger partial charge in [-0.05, 0) is 44.2 Å². The standard InChI is InChI=1S/C20H19ClN4O4/c1-3-25-20(28)16-7-5-4-6-15(16)17(24-25)19(27)23-22-18(26)12(2)29-14-10-8-13(21)9-11-14/h4-12H,3H2,1-2H3,(H,22,26)(H,23,27). The smallest absolute Gasteiger partial charge is 0.290 e. The van der Waals surface area contributed by atoms with Gasteiger partial charge in [0.1, 0.15) is 5.75 Å². The molecule has 2 N–H and O–H groups in total. The zero-order valence-corrected chi connectivity index (χ0v) is 16.6. The third-order valence-electron chi connectivity index (χ3n) is 4.18. The molecule has 150 valence electrons. The SMILES string of the molecule is CCn1nc(C(=O)NNC(=O)C(C)Oc2ccc(Cl)cc2)c2ccccc2c1=O. The highest BCUT2D eigenvalue weighted by Crippen LogP contribution is 2.17. The molecular formula is C20H19ClN4O4. The zero-order chi connectivity index (χ0) is 21.0. The number of amides is 2. The van der Waals surface area contributed by atoms with Crippen LogP contribution in [-0.2, 0) is 11.3 Å². The number of carbonyl (C=O) groups is 2. The Balaban J connectivity index is 1.72. The number of carbonyl (C=O) groups excluding carboxylic acids is 2.